The standard InChI is InChI=1S/C18H17ClN4O3/c1-2-17(25)23-9-12(10-23)26-16-5-3-4-14(22-16)18(20)21-11-6-7-15(24)13(19)8-11/h2-8,12,24H,1,9-10H2,(H2,20,21). The average molecular weight is 373 g/mol. The molecule has 2 heterocycles. The molecule has 3 rings (SSSR count). The zero-order valence-corrected chi connectivity index (χ0v) is 14.6. The van der Waals surface area contributed by atoms with Crippen LogP contribution in [0, 0.1) is 0 Å². The zero-order valence-electron chi connectivity index (χ0n) is 13.8. The summed E-state index contributed by atoms with van der Waals surface area (Å²) in [5.74, 6) is 0.451. The smallest absolute Gasteiger partial charge is 0.246 e. The van der Waals surface area contributed by atoms with Gasteiger partial charge in [0, 0.05) is 6.07 Å². The lowest BCUT2D eigenvalue weighted by Crippen LogP contribution is -2.55. The van der Waals surface area contributed by atoms with E-state index in [1.54, 1.807) is 29.2 Å². The number of carbonyl (C=O) groups is 1. The van der Waals surface area contributed by atoms with Crippen LogP contribution in [0.5, 0.6) is 11.6 Å². The summed E-state index contributed by atoms with van der Waals surface area (Å²) in [6.07, 6.45) is 1.16. The van der Waals surface area contributed by atoms with Gasteiger partial charge in [-0.05, 0) is 30.3 Å². The van der Waals surface area contributed by atoms with E-state index in [0.717, 1.165) is 0 Å². The number of amides is 1. The van der Waals surface area contributed by atoms with Gasteiger partial charge in [0.2, 0.25) is 11.8 Å². The first kappa shape index (κ1) is 17.8. The summed E-state index contributed by atoms with van der Waals surface area (Å²) in [6, 6.07) is 9.72. The fourth-order valence-corrected chi connectivity index (χ4v) is 2.55. The summed E-state index contributed by atoms with van der Waals surface area (Å²) in [7, 11) is 0. The fraction of sp³-hybridized carbons (Fsp3) is 0.167. The largest absolute Gasteiger partial charge is 0.506 e. The topological polar surface area (TPSA) is 101 Å². The Hall–Kier alpha value is -3.06. The molecule has 1 amide bonds. The number of phenols is 1. The van der Waals surface area contributed by atoms with Gasteiger partial charge in [-0.25, -0.2) is 9.98 Å². The third kappa shape index (κ3) is 3.94. The minimum absolute atomic E-state index is 0.0258. The number of hydrogen-bond donors (Lipinski definition) is 2. The van der Waals surface area contributed by atoms with Crippen LogP contribution in [0.25, 0.3) is 0 Å². The van der Waals surface area contributed by atoms with Crippen LogP contribution < -0.4 is 10.5 Å². The molecule has 0 aliphatic carbocycles. The summed E-state index contributed by atoms with van der Waals surface area (Å²) in [5, 5.41) is 9.63. The van der Waals surface area contributed by atoms with Gasteiger partial charge in [-0.3, -0.25) is 4.79 Å². The Bertz CT molecular complexity index is 878. The molecule has 7 nitrogen and oxygen atoms in total. The highest BCUT2D eigenvalue weighted by Crippen LogP contribution is 2.27. The number of halogens is 1. The second-order valence-electron chi connectivity index (χ2n) is 5.68. The number of phenolic OH excluding ortho intramolecular Hbond substituents is 1. The summed E-state index contributed by atoms with van der Waals surface area (Å²) >= 11 is 5.86. The molecule has 3 N–H and O–H groups in total. The van der Waals surface area contributed by atoms with E-state index in [4.69, 9.17) is 22.1 Å². The van der Waals surface area contributed by atoms with Gasteiger partial charge in [0.25, 0.3) is 0 Å². The maximum atomic E-state index is 11.4. The van der Waals surface area contributed by atoms with Gasteiger partial charge in [-0.2, -0.15) is 0 Å². The molecule has 8 heteroatoms. The van der Waals surface area contributed by atoms with Gasteiger partial charge in [0.05, 0.1) is 23.8 Å². The number of benzene rings is 1. The molecule has 2 aromatic rings. The molecule has 0 radical (unpaired) electrons. The Morgan fingerprint density at radius 2 is 2.19 bits per heavy atom. The molecule has 1 aromatic heterocycles. The number of likely N-dealkylation sites (tertiary alicyclic amines) is 1. The van der Waals surface area contributed by atoms with Crippen molar-refractivity contribution in [2.45, 2.75) is 6.10 Å². The van der Waals surface area contributed by atoms with Crippen molar-refractivity contribution < 1.29 is 14.6 Å². The molecule has 0 unspecified atom stereocenters. The van der Waals surface area contributed by atoms with E-state index >= 15 is 0 Å². The van der Waals surface area contributed by atoms with Gasteiger partial charge < -0.3 is 20.5 Å². The van der Waals surface area contributed by atoms with Crippen molar-refractivity contribution in [1.29, 1.82) is 0 Å². The SMILES string of the molecule is C=CC(=O)N1CC(Oc2cccc(C(N)=Nc3ccc(O)c(Cl)c3)n2)C1. The predicted molar refractivity (Wildman–Crippen MR) is 98.9 cm³/mol. The van der Waals surface area contributed by atoms with Gasteiger partial charge in [0.1, 0.15) is 23.4 Å². The predicted octanol–water partition coefficient (Wildman–Crippen LogP) is 2.25. The number of aliphatic imine (C=N–C) groups is 1. The Balaban J connectivity index is 1.69. The van der Waals surface area contributed by atoms with E-state index in [-0.39, 0.29) is 28.6 Å². The van der Waals surface area contributed by atoms with Gasteiger partial charge >= 0.3 is 0 Å². The van der Waals surface area contributed by atoms with Gasteiger partial charge in [0.15, 0.2) is 0 Å². The molecule has 1 aliphatic heterocycles. The summed E-state index contributed by atoms with van der Waals surface area (Å²) in [5.41, 5.74) is 6.95. The molecule has 26 heavy (non-hydrogen) atoms. The number of nitrogens with two attached hydrogens (primary N) is 1. The highest BCUT2D eigenvalue weighted by molar-refractivity contribution is 6.32. The normalized spacial score (nSPS) is 14.7. The second kappa shape index (κ2) is 7.45. The van der Waals surface area contributed by atoms with Crippen LogP contribution in [0.2, 0.25) is 5.02 Å². The lowest BCUT2D eigenvalue weighted by molar-refractivity contribution is -0.134. The molecular weight excluding hydrogens is 356 g/mol. The lowest BCUT2D eigenvalue weighted by atomic mass is 10.1. The first-order valence-corrected chi connectivity index (χ1v) is 8.22. The van der Waals surface area contributed by atoms with Crippen LogP contribution in [0.3, 0.4) is 0 Å². The van der Waals surface area contributed by atoms with Gasteiger partial charge in [-0.1, -0.05) is 24.2 Å². The van der Waals surface area contributed by atoms with Gasteiger partial charge in [-0.15, -0.1) is 0 Å². The fourth-order valence-electron chi connectivity index (χ4n) is 2.38. The maximum Gasteiger partial charge on any atom is 0.246 e. The van der Waals surface area contributed by atoms with Crippen LogP contribution in [-0.4, -0.2) is 45.9 Å². The molecular formula is C18H17ClN4O3. The van der Waals surface area contributed by atoms with Crippen molar-refractivity contribution in [2.24, 2.45) is 10.7 Å². The van der Waals surface area contributed by atoms with Crippen molar-refractivity contribution in [2.75, 3.05) is 13.1 Å². The van der Waals surface area contributed by atoms with Crippen LogP contribution >= 0.6 is 11.6 Å². The minimum atomic E-state index is -0.115. The number of rotatable bonds is 5. The molecule has 134 valence electrons. The second-order valence-corrected chi connectivity index (χ2v) is 6.09. The molecule has 1 fully saturated rings. The highest BCUT2D eigenvalue weighted by Gasteiger charge is 2.31. The zero-order chi connectivity index (χ0) is 18.7. The highest BCUT2D eigenvalue weighted by atomic mass is 35.5. The molecule has 0 bridgehead atoms. The van der Waals surface area contributed by atoms with Crippen LogP contribution in [0.15, 0.2) is 54.0 Å². The van der Waals surface area contributed by atoms with Crippen molar-refractivity contribution in [3.8, 4) is 11.6 Å². The van der Waals surface area contributed by atoms with Crippen LogP contribution in [-0.2, 0) is 4.79 Å². The molecule has 0 saturated carbocycles. The van der Waals surface area contributed by atoms with E-state index in [9.17, 15) is 9.90 Å². The molecule has 1 aromatic carbocycles. The van der Waals surface area contributed by atoms with E-state index < -0.39 is 0 Å². The average Bonchev–Trinajstić information content (AvgIpc) is 2.60. The molecule has 0 spiro atoms. The monoisotopic (exact) mass is 372 g/mol. The summed E-state index contributed by atoms with van der Waals surface area (Å²) in [4.78, 5) is 21.6. The minimum Gasteiger partial charge on any atom is -0.506 e. The van der Waals surface area contributed by atoms with Crippen molar-refractivity contribution in [3.05, 3.63) is 59.8 Å². The van der Waals surface area contributed by atoms with Crippen molar-refractivity contribution in [1.82, 2.24) is 9.88 Å². The molecule has 1 saturated heterocycles. The Kier molecular flexibility index (Phi) is 5.09. The Morgan fingerprint density at radius 3 is 2.88 bits per heavy atom. The maximum absolute atomic E-state index is 11.4. The van der Waals surface area contributed by atoms with Crippen LogP contribution in [0.4, 0.5) is 5.69 Å². The number of nitrogens with zero attached hydrogens (tertiary/aromatic N) is 3. The molecule has 1 aliphatic rings. The summed E-state index contributed by atoms with van der Waals surface area (Å²) in [6.45, 7) is 4.44. The Morgan fingerprint density at radius 1 is 1.42 bits per heavy atom. The lowest BCUT2D eigenvalue weighted by Gasteiger charge is -2.37. The van der Waals surface area contributed by atoms with E-state index in [1.165, 1.54) is 18.2 Å². The number of amidine groups is 1. The number of pyridine rings is 1. The third-order valence-electron chi connectivity index (χ3n) is 3.79. The third-order valence-corrected chi connectivity index (χ3v) is 4.09. The van der Waals surface area contributed by atoms with E-state index in [1.807, 2.05) is 0 Å². The summed E-state index contributed by atoms with van der Waals surface area (Å²) < 4.78 is 5.75. The number of carbonyl (C=O) groups excluding carboxylic acids is 1. The van der Waals surface area contributed by atoms with Crippen LogP contribution in [0.1, 0.15) is 5.69 Å². The first-order chi connectivity index (χ1) is 12.5. The van der Waals surface area contributed by atoms with Crippen molar-refractivity contribution >= 4 is 29.0 Å². The Labute approximate surface area is 155 Å². The quantitative estimate of drug-likeness (QED) is 0.476. The first-order valence-electron chi connectivity index (χ1n) is 7.84. The molecule has 0 atom stereocenters. The number of hydrogen-bond acceptors (Lipinski definition) is 5. The number of ether oxygens (including phenoxy) is 1. The number of aromatic nitrogens is 1. The number of aromatic hydroxyl groups is 1. The van der Waals surface area contributed by atoms with E-state index in [0.29, 0.717) is 30.4 Å². The van der Waals surface area contributed by atoms with E-state index in [2.05, 4.69) is 16.6 Å². The van der Waals surface area contributed by atoms with Crippen molar-refractivity contribution in [3.63, 3.8) is 0 Å².